The highest BCUT2D eigenvalue weighted by molar-refractivity contribution is 5.10. The van der Waals surface area contributed by atoms with Crippen molar-refractivity contribution in [2.24, 2.45) is 0 Å². The lowest BCUT2D eigenvalue weighted by Crippen LogP contribution is -2.30. The Bertz CT molecular complexity index is 384. The highest BCUT2D eigenvalue weighted by Gasteiger charge is 2.28. The SMILES string of the molecule is COC1CCC(n2cncc2C2CCCNC2)C1. The Kier molecular flexibility index (Phi) is 3.66. The summed E-state index contributed by atoms with van der Waals surface area (Å²) in [4.78, 5) is 4.39. The molecule has 1 saturated heterocycles. The number of imidazole rings is 1. The molecule has 2 aliphatic rings. The first-order valence-electron chi connectivity index (χ1n) is 7.13. The number of methoxy groups -OCH3 is 1. The molecule has 1 saturated carbocycles. The first-order chi connectivity index (χ1) is 8.88. The van der Waals surface area contributed by atoms with Crippen molar-refractivity contribution in [2.45, 2.75) is 50.2 Å². The predicted octanol–water partition coefficient (Wildman–Crippen LogP) is 2.09. The minimum absolute atomic E-state index is 0.440. The Morgan fingerprint density at radius 3 is 3.06 bits per heavy atom. The largest absolute Gasteiger partial charge is 0.381 e. The van der Waals surface area contributed by atoms with Gasteiger partial charge in [-0.25, -0.2) is 4.98 Å². The van der Waals surface area contributed by atoms with E-state index in [9.17, 15) is 0 Å². The Labute approximate surface area is 109 Å². The molecule has 2 fully saturated rings. The van der Waals surface area contributed by atoms with Crippen molar-refractivity contribution in [3.63, 3.8) is 0 Å². The van der Waals surface area contributed by atoms with Gasteiger partial charge in [0.25, 0.3) is 0 Å². The van der Waals surface area contributed by atoms with Crippen LogP contribution in [-0.4, -0.2) is 35.9 Å². The molecular weight excluding hydrogens is 226 g/mol. The van der Waals surface area contributed by atoms with Gasteiger partial charge in [0, 0.05) is 37.5 Å². The van der Waals surface area contributed by atoms with E-state index >= 15 is 0 Å². The third kappa shape index (κ3) is 2.31. The summed E-state index contributed by atoms with van der Waals surface area (Å²) in [5.74, 6) is 0.642. The normalized spacial score (nSPS) is 32.8. The Hall–Kier alpha value is -0.870. The first kappa shape index (κ1) is 12.2. The van der Waals surface area contributed by atoms with Gasteiger partial charge in [-0.1, -0.05) is 0 Å². The predicted molar refractivity (Wildman–Crippen MR) is 70.8 cm³/mol. The topological polar surface area (TPSA) is 39.1 Å². The summed E-state index contributed by atoms with van der Waals surface area (Å²) < 4.78 is 7.89. The highest BCUT2D eigenvalue weighted by Crippen LogP contribution is 2.34. The summed E-state index contributed by atoms with van der Waals surface area (Å²) in [5.41, 5.74) is 1.42. The van der Waals surface area contributed by atoms with Gasteiger partial charge in [0.2, 0.25) is 0 Å². The van der Waals surface area contributed by atoms with Gasteiger partial charge in [-0.2, -0.15) is 0 Å². The van der Waals surface area contributed by atoms with Gasteiger partial charge in [0.1, 0.15) is 0 Å². The Morgan fingerprint density at radius 1 is 1.39 bits per heavy atom. The Morgan fingerprint density at radius 2 is 2.33 bits per heavy atom. The zero-order valence-electron chi connectivity index (χ0n) is 11.1. The van der Waals surface area contributed by atoms with Crippen LogP contribution in [0.15, 0.2) is 12.5 Å². The van der Waals surface area contributed by atoms with Crippen LogP contribution in [0.5, 0.6) is 0 Å². The number of piperidine rings is 1. The van der Waals surface area contributed by atoms with Crippen molar-refractivity contribution in [3.05, 3.63) is 18.2 Å². The van der Waals surface area contributed by atoms with Gasteiger partial charge in [-0.3, -0.25) is 0 Å². The molecule has 0 bridgehead atoms. The quantitative estimate of drug-likeness (QED) is 0.891. The molecule has 1 aromatic rings. The molecule has 4 heteroatoms. The van der Waals surface area contributed by atoms with E-state index in [0.29, 0.717) is 18.1 Å². The average molecular weight is 249 g/mol. The summed E-state index contributed by atoms with van der Waals surface area (Å²) in [6, 6.07) is 0.592. The van der Waals surface area contributed by atoms with E-state index in [0.717, 1.165) is 13.0 Å². The van der Waals surface area contributed by atoms with Crippen LogP contribution >= 0.6 is 0 Å². The lowest BCUT2D eigenvalue weighted by atomic mass is 9.96. The molecule has 2 heterocycles. The fraction of sp³-hybridized carbons (Fsp3) is 0.786. The molecule has 4 nitrogen and oxygen atoms in total. The molecule has 1 N–H and O–H groups in total. The molecule has 100 valence electrons. The van der Waals surface area contributed by atoms with E-state index in [4.69, 9.17) is 4.74 Å². The van der Waals surface area contributed by atoms with Crippen LogP contribution in [-0.2, 0) is 4.74 Å². The van der Waals surface area contributed by atoms with Gasteiger partial charge in [-0.05, 0) is 38.6 Å². The van der Waals surface area contributed by atoms with Gasteiger partial charge in [0.05, 0.1) is 12.4 Å². The molecular formula is C14H23N3O. The standard InChI is InChI=1S/C14H23N3O/c1-18-13-5-4-12(7-13)17-10-16-9-14(17)11-3-2-6-15-8-11/h9-13,15H,2-8H2,1H3. The van der Waals surface area contributed by atoms with E-state index < -0.39 is 0 Å². The summed E-state index contributed by atoms with van der Waals surface area (Å²) in [7, 11) is 1.83. The highest BCUT2D eigenvalue weighted by atomic mass is 16.5. The van der Waals surface area contributed by atoms with Crippen molar-refractivity contribution in [3.8, 4) is 0 Å². The van der Waals surface area contributed by atoms with Gasteiger partial charge in [0.15, 0.2) is 0 Å². The monoisotopic (exact) mass is 249 g/mol. The van der Waals surface area contributed by atoms with Crippen molar-refractivity contribution in [1.29, 1.82) is 0 Å². The third-order valence-corrected chi connectivity index (χ3v) is 4.49. The lowest BCUT2D eigenvalue weighted by Gasteiger charge is -2.26. The van der Waals surface area contributed by atoms with E-state index in [1.54, 1.807) is 0 Å². The third-order valence-electron chi connectivity index (χ3n) is 4.49. The number of nitrogens with zero attached hydrogens (tertiary/aromatic N) is 2. The molecule has 0 spiro atoms. The first-order valence-corrected chi connectivity index (χ1v) is 7.13. The molecule has 18 heavy (non-hydrogen) atoms. The summed E-state index contributed by atoms with van der Waals surface area (Å²) in [5, 5.41) is 3.50. The zero-order chi connectivity index (χ0) is 12.4. The maximum atomic E-state index is 5.48. The molecule has 3 rings (SSSR count). The number of hydrogen-bond acceptors (Lipinski definition) is 3. The minimum Gasteiger partial charge on any atom is -0.381 e. The number of ether oxygens (including phenoxy) is 1. The minimum atomic E-state index is 0.440. The second kappa shape index (κ2) is 5.41. The lowest BCUT2D eigenvalue weighted by molar-refractivity contribution is 0.105. The molecule has 3 atom stereocenters. The molecule has 1 aliphatic heterocycles. The second-order valence-electron chi connectivity index (χ2n) is 5.59. The fourth-order valence-corrected chi connectivity index (χ4v) is 3.42. The zero-order valence-corrected chi connectivity index (χ0v) is 11.1. The molecule has 0 amide bonds. The van der Waals surface area contributed by atoms with Crippen LogP contribution < -0.4 is 5.32 Å². The van der Waals surface area contributed by atoms with Gasteiger partial charge < -0.3 is 14.6 Å². The number of rotatable bonds is 3. The van der Waals surface area contributed by atoms with E-state index in [1.807, 2.05) is 13.4 Å². The summed E-state index contributed by atoms with van der Waals surface area (Å²) in [6.07, 6.45) is 10.6. The van der Waals surface area contributed by atoms with E-state index in [1.165, 1.54) is 37.9 Å². The van der Waals surface area contributed by atoms with Crippen LogP contribution in [0.3, 0.4) is 0 Å². The molecule has 3 unspecified atom stereocenters. The number of aromatic nitrogens is 2. The van der Waals surface area contributed by atoms with Crippen LogP contribution in [0.1, 0.15) is 49.8 Å². The van der Waals surface area contributed by atoms with Crippen LogP contribution in [0, 0.1) is 0 Å². The summed E-state index contributed by atoms with van der Waals surface area (Å²) >= 11 is 0. The van der Waals surface area contributed by atoms with Crippen LogP contribution in [0.25, 0.3) is 0 Å². The molecule has 1 aromatic heterocycles. The van der Waals surface area contributed by atoms with Gasteiger partial charge in [-0.15, -0.1) is 0 Å². The Balaban J connectivity index is 1.74. The van der Waals surface area contributed by atoms with Gasteiger partial charge >= 0.3 is 0 Å². The number of nitrogens with one attached hydrogen (secondary N) is 1. The van der Waals surface area contributed by atoms with Crippen LogP contribution in [0.4, 0.5) is 0 Å². The molecule has 1 aliphatic carbocycles. The summed E-state index contributed by atoms with van der Waals surface area (Å²) in [6.45, 7) is 2.27. The average Bonchev–Trinajstić information content (AvgIpc) is 3.08. The van der Waals surface area contributed by atoms with Crippen molar-refractivity contribution < 1.29 is 4.74 Å². The molecule has 0 aromatic carbocycles. The molecule has 0 radical (unpaired) electrons. The maximum absolute atomic E-state index is 5.48. The van der Waals surface area contributed by atoms with Crippen molar-refractivity contribution in [2.75, 3.05) is 20.2 Å². The van der Waals surface area contributed by atoms with Crippen molar-refractivity contribution >= 4 is 0 Å². The van der Waals surface area contributed by atoms with E-state index in [-0.39, 0.29) is 0 Å². The fourth-order valence-electron chi connectivity index (χ4n) is 3.42. The van der Waals surface area contributed by atoms with Crippen LogP contribution in [0.2, 0.25) is 0 Å². The maximum Gasteiger partial charge on any atom is 0.0950 e. The second-order valence-corrected chi connectivity index (χ2v) is 5.59. The van der Waals surface area contributed by atoms with E-state index in [2.05, 4.69) is 21.1 Å². The smallest absolute Gasteiger partial charge is 0.0950 e. The number of hydrogen-bond donors (Lipinski definition) is 1. The van der Waals surface area contributed by atoms with Crippen molar-refractivity contribution in [1.82, 2.24) is 14.9 Å².